The van der Waals surface area contributed by atoms with Gasteiger partial charge in [0.25, 0.3) is 5.91 Å². The molecule has 6 nitrogen and oxygen atoms in total. The molecule has 0 atom stereocenters. The van der Waals surface area contributed by atoms with Gasteiger partial charge in [-0.1, -0.05) is 24.3 Å². The van der Waals surface area contributed by atoms with Gasteiger partial charge in [0.15, 0.2) is 11.5 Å². The van der Waals surface area contributed by atoms with E-state index >= 15 is 0 Å². The van der Waals surface area contributed by atoms with Crippen LogP contribution in [-0.2, 0) is 6.54 Å². The lowest BCUT2D eigenvalue weighted by atomic mass is 10.1. The van der Waals surface area contributed by atoms with Gasteiger partial charge in [0.1, 0.15) is 11.3 Å². The minimum absolute atomic E-state index is 0.192. The molecule has 1 aromatic heterocycles. The summed E-state index contributed by atoms with van der Waals surface area (Å²) in [7, 11) is 0. The molecule has 1 amide bonds. The van der Waals surface area contributed by atoms with Crippen LogP contribution in [0.15, 0.2) is 60.8 Å². The van der Waals surface area contributed by atoms with Crippen molar-refractivity contribution in [2.75, 3.05) is 6.79 Å². The molecular weight excluding hydrogens is 368 g/mol. The van der Waals surface area contributed by atoms with Crippen LogP contribution in [0.25, 0.3) is 0 Å². The molecule has 1 fully saturated rings. The molecule has 146 valence electrons. The highest BCUT2D eigenvalue weighted by Crippen LogP contribution is 2.40. The fourth-order valence-corrected chi connectivity index (χ4v) is 3.30. The third-order valence-corrected chi connectivity index (χ3v) is 5.06. The molecule has 2 heterocycles. The molecule has 0 radical (unpaired) electrons. The second-order valence-corrected chi connectivity index (χ2v) is 7.17. The Labute approximate surface area is 168 Å². The highest BCUT2D eigenvalue weighted by Gasteiger charge is 2.23. The largest absolute Gasteiger partial charge is 0.454 e. The van der Waals surface area contributed by atoms with E-state index in [4.69, 9.17) is 14.2 Å². The van der Waals surface area contributed by atoms with Gasteiger partial charge in [-0.15, -0.1) is 0 Å². The lowest BCUT2D eigenvalue weighted by Crippen LogP contribution is -2.23. The van der Waals surface area contributed by atoms with Gasteiger partial charge in [-0.05, 0) is 54.2 Å². The average molecular weight is 388 g/mol. The second-order valence-electron chi connectivity index (χ2n) is 7.17. The quantitative estimate of drug-likeness (QED) is 0.677. The van der Waals surface area contributed by atoms with Gasteiger partial charge in [-0.2, -0.15) is 0 Å². The minimum Gasteiger partial charge on any atom is -0.454 e. The zero-order valence-corrected chi connectivity index (χ0v) is 15.8. The van der Waals surface area contributed by atoms with Gasteiger partial charge < -0.3 is 19.5 Å². The van der Waals surface area contributed by atoms with Gasteiger partial charge >= 0.3 is 0 Å². The Hall–Kier alpha value is -3.54. The number of carbonyl (C=O) groups is 1. The van der Waals surface area contributed by atoms with E-state index in [1.165, 1.54) is 18.4 Å². The molecule has 6 heteroatoms. The standard InChI is InChI=1S/C23H20N2O4/c26-22(25-13-15-3-5-16(6-4-15)17-7-8-17)19-2-1-11-24-23(19)29-18-9-10-20-21(12-18)28-14-27-20/h1-6,9-12,17H,7-8,13-14H2,(H,25,26). The maximum Gasteiger partial charge on any atom is 0.257 e. The molecule has 1 aliphatic heterocycles. The molecule has 2 aromatic carbocycles. The van der Waals surface area contributed by atoms with Gasteiger partial charge in [0.05, 0.1) is 0 Å². The van der Waals surface area contributed by atoms with E-state index in [1.54, 1.807) is 36.5 Å². The molecule has 3 aromatic rings. The fourth-order valence-electron chi connectivity index (χ4n) is 3.30. The van der Waals surface area contributed by atoms with Crippen molar-refractivity contribution >= 4 is 5.91 Å². The van der Waals surface area contributed by atoms with E-state index in [2.05, 4.69) is 34.6 Å². The molecule has 5 rings (SSSR count). The van der Waals surface area contributed by atoms with Crippen LogP contribution in [0.5, 0.6) is 23.1 Å². The Kier molecular flexibility index (Phi) is 4.52. The monoisotopic (exact) mass is 388 g/mol. The first-order valence-electron chi connectivity index (χ1n) is 9.66. The number of carbonyl (C=O) groups excluding carboxylic acids is 1. The molecule has 1 N–H and O–H groups in total. The Balaban J connectivity index is 1.27. The molecule has 1 saturated carbocycles. The fraction of sp³-hybridized carbons (Fsp3) is 0.217. The third kappa shape index (κ3) is 3.87. The first-order valence-corrected chi connectivity index (χ1v) is 9.66. The van der Waals surface area contributed by atoms with Crippen molar-refractivity contribution < 1.29 is 19.0 Å². The number of nitrogens with zero attached hydrogens (tertiary/aromatic N) is 1. The van der Waals surface area contributed by atoms with Crippen LogP contribution in [0.1, 0.15) is 40.2 Å². The smallest absolute Gasteiger partial charge is 0.257 e. The predicted octanol–water partition coefficient (Wildman–Crippen LogP) is 4.41. The Bertz CT molecular complexity index is 1040. The summed E-state index contributed by atoms with van der Waals surface area (Å²) in [6.07, 6.45) is 4.15. The molecule has 0 spiro atoms. The van der Waals surface area contributed by atoms with E-state index in [9.17, 15) is 4.79 Å². The van der Waals surface area contributed by atoms with E-state index in [0.717, 1.165) is 11.5 Å². The van der Waals surface area contributed by atoms with Gasteiger partial charge in [0, 0.05) is 18.8 Å². The summed E-state index contributed by atoms with van der Waals surface area (Å²) < 4.78 is 16.5. The van der Waals surface area contributed by atoms with Crippen molar-refractivity contribution in [3.8, 4) is 23.1 Å². The first-order chi connectivity index (χ1) is 14.3. The normalized spacial score (nSPS) is 14.5. The van der Waals surface area contributed by atoms with E-state index in [1.807, 2.05) is 0 Å². The zero-order valence-electron chi connectivity index (χ0n) is 15.8. The number of pyridine rings is 1. The van der Waals surface area contributed by atoms with Crippen molar-refractivity contribution in [2.45, 2.75) is 25.3 Å². The Morgan fingerprint density at radius 3 is 2.72 bits per heavy atom. The van der Waals surface area contributed by atoms with Crippen LogP contribution in [0, 0.1) is 0 Å². The second kappa shape index (κ2) is 7.47. The summed E-state index contributed by atoms with van der Waals surface area (Å²) in [5, 5.41) is 2.94. The molecule has 29 heavy (non-hydrogen) atoms. The van der Waals surface area contributed by atoms with Crippen molar-refractivity contribution in [1.82, 2.24) is 10.3 Å². The molecule has 0 saturated heterocycles. The Morgan fingerprint density at radius 2 is 1.90 bits per heavy atom. The zero-order chi connectivity index (χ0) is 19.6. The summed E-state index contributed by atoms with van der Waals surface area (Å²) in [4.78, 5) is 17.0. The SMILES string of the molecule is O=C(NCc1ccc(C2CC2)cc1)c1cccnc1Oc1ccc2c(c1)OCO2. The maximum absolute atomic E-state index is 12.7. The number of rotatable bonds is 6. The van der Waals surface area contributed by atoms with Crippen LogP contribution >= 0.6 is 0 Å². The number of amides is 1. The summed E-state index contributed by atoms with van der Waals surface area (Å²) in [5.74, 6) is 2.54. The van der Waals surface area contributed by atoms with Crippen molar-refractivity contribution in [1.29, 1.82) is 0 Å². The number of fused-ring (bicyclic) bond motifs is 1. The molecule has 0 bridgehead atoms. The number of nitrogens with one attached hydrogen (secondary N) is 1. The van der Waals surface area contributed by atoms with Crippen LogP contribution in [-0.4, -0.2) is 17.7 Å². The van der Waals surface area contributed by atoms with Crippen molar-refractivity contribution in [3.63, 3.8) is 0 Å². The van der Waals surface area contributed by atoms with Gasteiger partial charge in [0.2, 0.25) is 12.7 Å². The maximum atomic E-state index is 12.7. The van der Waals surface area contributed by atoms with E-state index < -0.39 is 0 Å². The predicted molar refractivity (Wildman–Crippen MR) is 106 cm³/mol. The topological polar surface area (TPSA) is 69.7 Å². The molecule has 2 aliphatic rings. The number of benzene rings is 2. The van der Waals surface area contributed by atoms with Crippen LogP contribution < -0.4 is 19.5 Å². The van der Waals surface area contributed by atoms with Gasteiger partial charge in [-0.3, -0.25) is 4.79 Å². The summed E-state index contributed by atoms with van der Waals surface area (Å²) >= 11 is 0. The van der Waals surface area contributed by atoms with Crippen molar-refractivity contribution in [2.24, 2.45) is 0 Å². The highest BCUT2D eigenvalue weighted by molar-refractivity contribution is 5.96. The highest BCUT2D eigenvalue weighted by atomic mass is 16.7. The van der Waals surface area contributed by atoms with Gasteiger partial charge in [-0.25, -0.2) is 4.98 Å². The summed E-state index contributed by atoms with van der Waals surface area (Å²) in [5.41, 5.74) is 2.82. The number of aromatic nitrogens is 1. The lowest BCUT2D eigenvalue weighted by molar-refractivity contribution is 0.0948. The van der Waals surface area contributed by atoms with E-state index in [-0.39, 0.29) is 18.6 Å². The average Bonchev–Trinajstić information content (AvgIpc) is 3.50. The Morgan fingerprint density at radius 1 is 1.07 bits per heavy atom. The minimum atomic E-state index is -0.236. The third-order valence-electron chi connectivity index (χ3n) is 5.06. The van der Waals surface area contributed by atoms with Crippen LogP contribution in [0.2, 0.25) is 0 Å². The lowest BCUT2D eigenvalue weighted by Gasteiger charge is -2.11. The van der Waals surface area contributed by atoms with Crippen LogP contribution in [0.3, 0.4) is 0 Å². The summed E-state index contributed by atoms with van der Waals surface area (Å²) in [6.45, 7) is 0.639. The summed E-state index contributed by atoms with van der Waals surface area (Å²) in [6, 6.07) is 17.1. The number of ether oxygens (including phenoxy) is 3. The first kappa shape index (κ1) is 17.6. The number of hydrogen-bond donors (Lipinski definition) is 1. The molecule has 1 aliphatic carbocycles. The van der Waals surface area contributed by atoms with Crippen LogP contribution in [0.4, 0.5) is 0 Å². The van der Waals surface area contributed by atoms with Crippen molar-refractivity contribution in [3.05, 3.63) is 77.5 Å². The molecule has 0 unspecified atom stereocenters. The number of hydrogen-bond acceptors (Lipinski definition) is 5. The van der Waals surface area contributed by atoms with E-state index in [0.29, 0.717) is 29.4 Å². The molecular formula is C23H20N2O4.